The van der Waals surface area contributed by atoms with E-state index in [1.54, 1.807) is 11.8 Å². The van der Waals surface area contributed by atoms with Gasteiger partial charge in [0.15, 0.2) is 0 Å². The molecule has 24 heavy (non-hydrogen) atoms. The van der Waals surface area contributed by atoms with Crippen LogP contribution in [0, 0.1) is 0 Å². The quantitative estimate of drug-likeness (QED) is 0.653. The number of likely N-dealkylation sites (tertiary alicyclic amines) is 1. The van der Waals surface area contributed by atoms with Gasteiger partial charge < -0.3 is 10.2 Å². The van der Waals surface area contributed by atoms with E-state index in [2.05, 4.69) is 34.5 Å². The van der Waals surface area contributed by atoms with Gasteiger partial charge in [0.05, 0.1) is 10.0 Å². The van der Waals surface area contributed by atoms with Crippen molar-refractivity contribution in [2.45, 2.75) is 29.2 Å². The molecule has 0 atom stereocenters. The van der Waals surface area contributed by atoms with E-state index in [-0.39, 0.29) is 0 Å². The minimum Gasteiger partial charge on any atom is -0.311 e. The van der Waals surface area contributed by atoms with Gasteiger partial charge in [-0.05, 0) is 49.7 Å². The van der Waals surface area contributed by atoms with Crippen molar-refractivity contribution in [2.75, 3.05) is 26.2 Å². The minimum absolute atomic E-state index is 0.698. The maximum atomic E-state index is 6.30. The van der Waals surface area contributed by atoms with Gasteiger partial charge in [-0.25, -0.2) is 0 Å². The molecular formula is C19H22Cl2N2S. The first-order valence-electron chi connectivity index (χ1n) is 8.37. The van der Waals surface area contributed by atoms with Crippen molar-refractivity contribution in [3.05, 3.63) is 58.1 Å². The van der Waals surface area contributed by atoms with Crippen LogP contribution < -0.4 is 5.32 Å². The highest BCUT2D eigenvalue weighted by atomic mass is 35.5. The zero-order valence-corrected chi connectivity index (χ0v) is 15.9. The first kappa shape index (κ1) is 18.1. The zero-order valence-electron chi connectivity index (χ0n) is 13.6. The van der Waals surface area contributed by atoms with Crippen LogP contribution in [0.25, 0.3) is 0 Å². The lowest BCUT2D eigenvalue weighted by atomic mass is 10.2. The molecule has 0 unspecified atom stereocenters. The summed E-state index contributed by atoms with van der Waals surface area (Å²) in [7, 11) is 0. The van der Waals surface area contributed by atoms with E-state index in [1.807, 2.05) is 18.2 Å². The Hall–Kier alpha value is -0.710. The summed E-state index contributed by atoms with van der Waals surface area (Å²) < 4.78 is 0. The van der Waals surface area contributed by atoms with Crippen LogP contribution in [0.3, 0.4) is 0 Å². The molecule has 5 heteroatoms. The fraction of sp³-hybridized carbons (Fsp3) is 0.368. The molecule has 2 nitrogen and oxygen atoms in total. The van der Waals surface area contributed by atoms with Crippen LogP contribution in [0.5, 0.6) is 0 Å². The Balaban J connectivity index is 1.60. The molecule has 0 aliphatic carbocycles. The predicted octanol–water partition coefficient (Wildman–Crippen LogP) is 5.33. The van der Waals surface area contributed by atoms with Crippen molar-refractivity contribution >= 4 is 35.0 Å². The van der Waals surface area contributed by atoms with Crippen molar-refractivity contribution in [1.29, 1.82) is 0 Å². The molecule has 0 aromatic heterocycles. The highest BCUT2D eigenvalue weighted by molar-refractivity contribution is 7.99. The summed E-state index contributed by atoms with van der Waals surface area (Å²) in [6.07, 6.45) is 2.69. The molecule has 1 aliphatic heterocycles. The van der Waals surface area contributed by atoms with E-state index in [9.17, 15) is 0 Å². The Labute approximate surface area is 158 Å². The largest absolute Gasteiger partial charge is 0.311 e. The van der Waals surface area contributed by atoms with Gasteiger partial charge in [0, 0.05) is 29.4 Å². The van der Waals surface area contributed by atoms with Crippen LogP contribution in [0.1, 0.15) is 18.4 Å². The van der Waals surface area contributed by atoms with E-state index in [0.29, 0.717) is 10.0 Å². The van der Waals surface area contributed by atoms with Crippen molar-refractivity contribution in [1.82, 2.24) is 10.2 Å². The third kappa shape index (κ3) is 4.90. The molecular weight excluding hydrogens is 359 g/mol. The number of benzene rings is 2. The second-order valence-corrected chi connectivity index (χ2v) is 7.85. The van der Waals surface area contributed by atoms with Gasteiger partial charge in [-0.2, -0.15) is 0 Å². The van der Waals surface area contributed by atoms with Crippen LogP contribution in [0.2, 0.25) is 10.0 Å². The minimum atomic E-state index is 0.698. The Bertz CT molecular complexity index is 652. The lowest BCUT2D eigenvalue weighted by Gasteiger charge is -2.16. The Kier molecular flexibility index (Phi) is 6.87. The van der Waals surface area contributed by atoms with Crippen molar-refractivity contribution in [2.24, 2.45) is 0 Å². The molecule has 2 aromatic rings. The van der Waals surface area contributed by atoms with Crippen LogP contribution >= 0.6 is 35.0 Å². The van der Waals surface area contributed by atoms with Gasteiger partial charge in [0.2, 0.25) is 0 Å². The molecule has 1 saturated heterocycles. The SMILES string of the molecule is Clc1cccc(Cl)c1Sc1ccccc1CNCCN1CCCC1. The number of hydrogen-bond acceptors (Lipinski definition) is 3. The Morgan fingerprint density at radius 3 is 2.42 bits per heavy atom. The van der Waals surface area contributed by atoms with E-state index in [0.717, 1.165) is 24.5 Å². The summed E-state index contributed by atoms with van der Waals surface area (Å²) in [6, 6.07) is 14.1. The maximum absolute atomic E-state index is 6.30. The summed E-state index contributed by atoms with van der Waals surface area (Å²) in [4.78, 5) is 4.64. The van der Waals surface area contributed by atoms with Crippen molar-refractivity contribution in [3.8, 4) is 0 Å². The second kappa shape index (κ2) is 9.12. The fourth-order valence-electron chi connectivity index (χ4n) is 2.91. The monoisotopic (exact) mass is 380 g/mol. The highest BCUT2D eigenvalue weighted by Gasteiger charge is 2.12. The van der Waals surface area contributed by atoms with Gasteiger partial charge in [0.25, 0.3) is 0 Å². The summed E-state index contributed by atoms with van der Waals surface area (Å²) >= 11 is 14.2. The number of nitrogens with one attached hydrogen (secondary N) is 1. The van der Waals surface area contributed by atoms with E-state index >= 15 is 0 Å². The fourth-order valence-corrected chi connectivity index (χ4v) is 4.50. The van der Waals surface area contributed by atoms with E-state index in [4.69, 9.17) is 23.2 Å². The summed E-state index contributed by atoms with van der Waals surface area (Å²) in [5.74, 6) is 0. The van der Waals surface area contributed by atoms with Crippen molar-refractivity contribution in [3.63, 3.8) is 0 Å². The topological polar surface area (TPSA) is 15.3 Å². The molecule has 3 rings (SSSR count). The van der Waals surface area contributed by atoms with Gasteiger partial charge in [-0.1, -0.05) is 59.2 Å². The molecule has 0 bridgehead atoms. The lowest BCUT2D eigenvalue weighted by molar-refractivity contribution is 0.335. The van der Waals surface area contributed by atoms with E-state index in [1.165, 1.54) is 36.4 Å². The molecule has 1 N–H and O–H groups in total. The molecule has 0 amide bonds. The third-order valence-corrected chi connectivity index (χ3v) is 6.34. The summed E-state index contributed by atoms with van der Waals surface area (Å²) in [6.45, 7) is 5.51. The second-order valence-electron chi connectivity index (χ2n) is 5.99. The average molecular weight is 381 g/mol. The molecule has 2 aromatic carbocycles. The summed E-state index contributed by atoms with van der Waals surface area (Å²) in [5, 5.41) is 4.96. The molecule has 0 saturated carbocycles. The van der Waals surface area contributed by atoms with Crippen LogP contribution in [0.15, 0.2) is 52.3 Å². The van der Waals surface area contributed by atoms with Crippen LogP contribution in [-0.2, 0) is 6.54 Å². The molecule has 1 aliphatic rings. The lowest BCUT2D eigenvalue weighted by Crippen LogP contribution is -2.29. The highest BCUT2D eigenvalue weighted by Crippen LogP contribution is 2.39. The van der Waals surface area contributed by atoms with Gasteiger partial charge in [-0.3, -0.25) is 0 Å². The number of rotatable bonds is 7. The van der Waals surface area contributed by atoms with Crippen LogP contribution in [-0.4, -0.2) is 31.1 Å². The van der Waals surface area contributed by atoms with Crippen LogP contribution in [0.4, 0.5) is 0 Å². The average Bonchev–Trinajstić information content (AvgIpc) is 3.10. The number of halogens is 2. The standard InChI is InChI=1S/C19H22Cl2N2S/c20-16-7-5-8-17(21)19(16)24-18-9-2-1-6-15(18)14-22-10-13-23-11-3-4-12-23/h1-2,5-9,22H,3-4,10-14H2. The van der Waals surface area contributed by atoms with E-state index < -0.39 is 0 Å². The molecule has 0 radical (unpaired) electrons. The first-order chi connectivity index (χ1) is 11.7. The number of hydrogen-bond donors (Lipinski definition) is 1. The Morgan fingerprint density at radius 1 is 0.958 bits per heavy atom. The van der Waals surface area contributed by atoms with Gasteiger partial charge >= 0.3 is 0 Å². The van der Waals surface area contributed by atoms with Gasteiger partial charge in [0.1, 0.15) is 0 Å². The Morgan fingerprint density at radius 2 is 1.67 bits per heavy atom. The normalized spacial score (nSPS) is 15.1. The first-order valence-corrected chi connectivity index (χ1v) is 9.94. The third-order valence-electron chi connectivity index (χ3n) is 4.22. The molecule has 1 heterocycles. The molecule has 128 valence electrons. The zero-order chi connectivity index (χ0) is 16.8. The van der Waals surface area contributed by atoms with Gasteiger partial charge in [-0.15, -0.1) is 0 Å². The maximum Gasteiger partial charge on any atom is 0.0560 e. The van der Waals surface area contributed by atoms with Crippen molar-refractivity contribution < 1.29 is 0 Å². The predicted molar refractivity (Wildman–Crippen MR) is 104 cm³/mol. The summed E-state index contributed by atoms with van der Waals surface area (Å²) in [5.41, 5.74) is 1.28. The number of nitrogens with zero attached hydrogens (tertiary/aromatic N) is 1. The molecule has 0 spiro atoms. The molecule has 1 fully saturated rings. The smallest absolute Gasteiger partial charge is 0.0560 e.